The van der Waals surface area contributed by atoms with E-state index in [1.54, 1.807) is 23.7 Å². The predicted molar refractivity (Wildman–Crippen MR) is 107 cm³/mol. The maximum absolute atomic E-state index is 12.7. The number of carbonyl (C=O) groups excluding carboxylic acids is 1. The molecule has 0 saturated carbocycles. The molecule has 0 aliphatic carbocycles. The number of benzene rings is 1. The molecule has 2 heterocycles. The van der Waals surface area contributed by atoms with Crippen LogP contribution in [0.3, 0.4) is 0 Å². The van der Waals surface area contributed by atoms with Crippen molar-refractivity contribution < 1.29 is 13.2 Å². The largest absolute Gasteiger partial charge is 0.347 e. The molecule has 0 fully saturated rings. The first kappa shape index (κ1) is 19.5. The first-order valence-electron chi connectivity index (χ1n) is 7.70. The van der Waals surface area contributed by atoms with E-state index < -0.39 is 10.0 Å². The minimum absolute atomic E-state index is 0.0158. The summed E-state index contributed by atoms with van der Waals surface area (Å²) in [7, 11) is -2.00. The molecule has 3 aromatic rings. The van der Waals surface area contributed by atoms with Crippen LogP contribution < -0.4 is 10.5 Å². The van der Waals surface area contributed by atoms with E-state index in [2.05, 4.69) is 10.3 Å². The summed E-state index contributed by atoms with van der Waals surface area (Å²) in [6.07, 6.45) is 3.09. The fraction of sp³-hybridized carbons (Fsp3) is 0.188. The van der Waals surface area contributed by atoms with Crippen LogP contribution in [0.4, 0.5) is 0 Å². The third-order valence-electron chi connectivity index (χ3n) is 3.98. The van der Waals surface area contributed by atoms with Crippen molar-refractivity contribution in [2.45, 2.75) is 15.8 Å². The van der Waals surface area contributed by atoms with Gasteiger partial charge in [0.2, 0.25) is 10.0 Å². The number of hydrogen-bond donors (Lipinski definition) is 3. The van der Waals surface area contributed by atoms with Crippen molar-refractivity contribution in [2.24, 2.45) is 12.2 Å². The third-order valence-corrected chi connectivity index (χ3v) is 6.97. The van der Waals surface area contributed by atoms with Crippen LogP contribution in [0.2, 0.25) is 0 Å². The number of amides is 1. The summed E-state index contributed by atoms with van der Waals surface area (Å²) in [6.45, 7) is 0.212. The van der Waals surface area contributed by atoms with Crippen molar-refractivity contribution in [2.75, 3.05) is 6.26 Å². The number of sulfonamides is 1. The van der Waals surface area contributed by atoms with Gasteiger partial charge in [-0.25, -0.2) is 18.5 Å². The number of aromatic nitrogens is 2. The first-order valence-corrected chi connectivity index (χ1v) is 11.3. The Morgan fingerprint density at radius 1 is 1.41 bits per heavy atom. The number of carbonyl (C=O) groups is 1. The van der Waals surface area contributed by atoms with E-state index in [0.29, 0.717) is 16.9 Å². The number of fused-ring (bicyclic) bond motifs is 1. The van der Waals surface area contributed by atoms with E-state index in [-0.39, 0.29) is 17.3 Å². The Balaban J connectivity index is 1.83. The molecule has 0 aliphatic heterocycles. The monoisotopic (exact) mass is 423 g/mol. The second-order valence-electron chi connectivity index (χ2n) is 5.67. The third kappa shape index (κ3) is 3.76. The molecule has 0 atom stereocenters. The number of nitrogens with one attached hydrogen (secondary N) is 2. The van der Waals surface area contributed by atoms with E-state index in [9.17, 15) is 13.2 Å². The molecule has 0 saturated heterocycles. The van der Waals surface area contributed by atoms with Crippen LogP contribution in [-0.4, -0.2) is 36.3 Å². The molecule has 27 heavy (non-hydrogen) atoms. The van der Waals surface area contributed by atoms with Crippen LogP contribution >= 0.6 is 23.1 Å². The number of rotatable bonds is 6. The molecule has 1 amide bonds. The number of primary sulfonamides is 1. The SMILES string of the molecule is CSc1nc2c(s1)c(C=N)c(C(=O)NCc1ccc(S(N)(=O)=O)cc1)n2C. The molecule has 142 valence electrons. The fourth-order valence-electron chi connectivity index (χ4n) is 2.65. The smallest absolute Gasteiger partial charge is 0.268 e. The zero-order valence-corrected chi connectivity index (χ0v) is 17.0. The summed E-state index contributed by atoms with van der Waals surface area (Å²) in [4.78, 5) is 17.2. The van der Waals surface area contributed by atoms with Crippen molar-refractivity contribution in [1.82, 2.24) is 14.9 Å². The van der Waals surface area contributed by atoms with Crippen LogP contribution in [0.25, 0.3) is 10.3 Å². The second kappa shape index (κ2) is 7.43. The van der Waals surface area contributed by atoms with Crippen LogP contribution in [-0.2, 0) is 23.6 Å². The van der Waals surface area contributed by atoms with Crippen molar-refractivity contribution in [3.63, 3.8) is 0 Å². The summed E-state index contributed by atoms with van der Waals surface area (Å²) in [6, 6.07) is 5.97. The van der Waals surface area contributed by atoms with E-state index in [1.165, 1.54) is 41.4 Å². The fourth-order valence-corrected chi connectivity index (χ4v) is 4.77. The van der Waals surface area contributed by atoms with Gasteiger partial charge in [0.05, 0.1) is 9.60 Å². The maximum Gasteiger partial charge on any atom is 0.268 e. The summed E-state index contributed by atoms with van der Waals surface area (Å²) in [5, 5.41) is 15.6. The Morgan fingerprint density at radius 2 is 2.07 bits per heavy atom. The lowest BCUT2D eigenvalue weighted by Crippen LogP contribution is -2.26. The van der Waals surface area contributed by atoms with Gasteiger partial charge in [-0.15, -0.1) is 11.3 Å². The summed E-state index contributed by atoms with van der Waals surface area (Å²) in [5.41, 5.74) is 2.30. The van der Waals surface area contributed by atoms with E-state index in [4.69, 9.17) is 10.5 Å². The number of nitrogens with zero attached hydrogens (tertiary/aromatic N) is 2. The van der Waals surface area contributed by atoms with Gasteiger partial charge in [-0.2, -0.15) is 0 Å². The Hall–Kier alpha value is -2.21. The van der Waals surface area contributed by atoms with Crippen molar-refractivity contribution >= 4 is 55.6 Å². The van der Waals surface area contributed by atoms with Crippen LogP contribution in [0.15, 0.2) is 33.5 Å². The minimum atomic E-state index is -3.75. The molecule has 0 radical (unpaired) electrons. The van der Waals surface area contributed by atoms with Gasteiger partial charge in [0.25, 0.3) is 5.91 Å². The maximum atomic E-state index is 12.7. The second-order valence-corrected chi connectivity index (χ2v) is 9.29. The Morgan fingerprint density at radius 3 is 2.63 bits per heavy atom. The molecule has 0 aliphatic rings. The average molecular weight is 424 g/mol. The standard InChI is InChI=1S/C16H17N5O3S3/c1-21-12(11(7-17)13-14(21)20-16(25-2)26-13)15(22)19-8-9-3-5-10(6-4-9)27(18,23)24/h3-7,17H,8H2,1-2H3,(H,19,22)(H2,18,23,24). The highest BCUT2D eigenvalue weighted by Gasteiger charge is 2.23. The van der Waals surface area contributed by atoms with Gasteiger partial charge < -0.3 is 15.3 Å². The predicted octanol–water partition coefficient (Wildman–Crippen LogP) is 1.93. The molecule has 0 spiro atoms. The van der Waals surface area contributed by atoms with E-state index >= 15 is 0 Å². The molecule has 3 rings (SSSR count). The Labute approximate surface area is 164 Å². The highest BCUT2D eigenvalue weighted by atomic mass is 32.2. The summed E-state index contributed by atoms with van der Waals surface area (Å²) < 4.78 is 25.9. The zero-order valence-electron chi connectivity index (χ0n) is 14.5. The Kier molecular flexibility index (Phi) is 5.38. The molecule has 0 unspecified atom stereocenters. The summed E-state index contributed by atoms with van der Waals surface area (Å²) >= 11 is 2.97. The van der Waals surface area contributed by atoms with E-state index in [1.807, 2.05) is 6.26 Å². The molecule has 2 aromatic heterocycles. The molecule has 8 nitrogen and oxygen atoms in total. The number of aryl methyl sites for hydroxylation is 1. The van der Waals surface area contributed by atoms with Crippen LogP contribution in [0.1, 0.15) is 21.6 Å². The number of thioether (sulfide) groups is 1. The minimum Gasteiger partial charge on any atom is -0.347 e. The highest BCUT2D eigenvalue weighted by molar-refractivity contribution is 8.00. The van der Waals surface area contributed by atoms with Crippen LogP contribution in [0.5, 0.6) is 0 Å². The normalized spacial score (nSPS) is 11.7. The van der Waals surface area contributed by atoms with Crippen molar-refractivity contribution in [3.05, 3.63) is 41.1 Å². The average Bonchev–Trinajstić information content (AvgIpc) is 3.17. The number of nitrogens with two attached hydrogens (primary N) is 1. The highest BCUT2D eigenvalue weighted by Crippen LogP contribution is 2.33. The lowest BCUT2D eigenvalue weighted by Gasteiger charge is -2.08. The lowest BCUT2D eigenvalue weighted by molar-refractivity contribution is 0.0943. The van der Waals surface area contributed by atoms with Crippen LogP contribution in [0, 0.1) is 5.41 Å². The van der Waals surface area contributed by atoms with E-state index in [0.717, 1.165) is 14.6 Å². The molecule has 4 N–H and O–H groups in total. The Bertz CT molecular complexity index is 1130. The molecule has 1 aromatic carbocycles. The van der Waals surface area contributed by atoms with Gasteiger partial charge in [0, 0.05) is 25.4 Å². The lowest BCUT2D eigenvalue weighted by atomic mass is 10.2. The molecule has 11 heteroatoms. The topological polar surface area (TPSA) is 131 Å². The molecular weight excluding hydrogens is 406 g/mol. The zero-order chi connectivity index (χ0) is 19.8. The quantitative estimate of drug-likeness (QED) is 0.412. The van der Waals surface area contributed by atoms with Gasteiger partial charge in [-0.1, -0.05) is 23.9 Å². The number of thiazole rings is 1. The molecular formula is C16H17N5O3S3. The van der Waals surface area contributed by atoms with Gasteiger partial charge in [0.1, 0.15) is 5.69 Å². The van der Waals surface area contributed by atoms with Gasteiger partial charge in [-0.3, -0.25) is 4.79 Å². The summed E-state index contributed by atoms with van der Waals surface area (Å²) in [5.74, 6) is -0.331. The van der Waals surface area contributed by atoms with Gasteiger partial charge in [0.15, 0.2) is 9.99 Å². The first-order chi connectivity index (χ1) is 12.8. The van der Waals surface area contributed by atoms with Gasteiger partial charge in [-0.05, 0) is 24.0 Å². The van der Waals surface area contributed by atoms with Gasteiger partial charge >= 0.3 is 0 Å². The number of hydrogen-bond acceptors (Lipinski definition) is 7. The van der Waals surface area contributed by atoms with Crippen molar-refractivity contribution in [3.8, 4) is 0 Å². The van der Waals surface area contributed by atoms with Crippen molar-refractivity contribution in [1.29, 1.82) is 5.41 Å². The molecule has 0 bridgehead atoms.